The first-order chi connectivity index (χ1) is 32.9. The number of esters is 1. The van der Waals surface area contributed by atoms with Gasteiger partial charge >= 0.3 is 13.8 Å². The van der Waals surface area contributed by atoms with Gasteiger partial charge in [0.2, 0.25) is 5.91 Å². The van der Waals surface area contributed by atoms with Gasteiger partial charge in [-0.3, -0.25) is 18.6 Å². The van der Waals surface area contributed by atoms with Crippen molar-refractivity contribution in [3.8, 4) is 0 Å². The molecule has 0 heterocycles. The standard InChI is InChI=1S/C58H109N2O7P/c1-7-10-13-16-19-22-25-28-29-30-31-33-35-38-41-44-47-50-57(61)59-55(54-66-68(63,64)65-53-52-60(4,5)6)56(49-46-43-40-37-34-27-24-21-18-15-12-9-3)67-58(62)51-48-45-42-39-36-32-26-23-20-17-14-11-8-2/h11,14,17,20,23,26,46,49,55-56H,7-10,12-13,15-16,18-19,21-22,24-25,27-45,47-48,50-54H2,1-6H3,(H-,59,61,63,64)/p+1/b14-11+,20-17+,26-23-,49-46+. The van der Waals surface area contributed by atoms with Gasteiger partial charge in [0.05, 0.1) is 33.8 Å². The number of carbonyl (C=O) groups excluding carboxylic acids is 2. The van der Waals surface area contributed by atoms with E-state index in [2.05, 4.69) is 62.5 Å². The van der Waals surface area contributed by atoms with E-state index in [0.29, 0.717) is 17.4 Å². The predicted octanol–water partition coefficient (Wildman–Crippen LogP) is 16.9. The average molecular weight is 978 g/mol. The minimum absolute atomic E-state index is 0.0375. The Hall–Kier alpha value is -2.03. The molecule has 3 atom stereocenters. The van der Waals surface area contributed by atoms with Crippen molar-refractivity contribution in [1.82, 2.24) is 5.32 Å². The van der Waals surface area contributed by atoms with E-state index in [1.807, 2.05) is 33.3 Å². The van der Waals surface area contributed by atoms with Crippen molar-refractivity contribution < 1.29 is 37.3 Å². The highest BCUT2D eigenvalue weighted by Crippen LogP contribution is 2.43. The average Bonchev–Trinajstić information content (AvgIpc) is 3.29. The minimum Gasteiger partial charge on any atom is -0.456 e. The number of hydrogen-bond donors (Lipinski definition) is 2. The second-order valence-corrected chi connectivity index (χ2v) is 22.0. The van der Waals surface area contributed by atoms with Crippen LogP contribution in [0.2, 0.25) is 0 Å². The van der Waals surface area contributed by atoms with Crippen molar-refractivity contribution in [1.29, 1.82) is 0 Å². The first kappa shape index (κ1) is 66.0. The molecule has 2 N–H and O–H groups in total. The lowest BCUT2D eigenvalue weighted by molar-refractivity contribution is -0.870. The summed E-state index contributed by atoms with van der Waals surface area (Å²) < 4.78 is 30.6. The van der Waals surface area contributed by atoms with Gasteiger partial charge in [0, 0.05) is 12.8 Å². The molecular formula is C58H110N2O7P+. The van der Waals surface area contributed by atoms with E-state index < -0.39 is 20.0 Å². The number of hydrogen-bond acceptors (Lipinski definition) is 6. The van der Waals surface area contributed by atoms with Crippen molar-refractivity contribution in [2.45, 2.75) is 270 Å². The summed E-state index contributed by atoms with van der Waals surface area (Å²) in [5.41, 5.74) is 0. The molecule has 3 unspecified atom stereocenters. The zero-order chi connectivity index (χ0) is 50.1. The van der Waals surface area contributed by atoms with Gasteiger partial charge in [0.1, 0.15) is 19.3 Å². The second-order valence-electron chi connectivity index (χ2n) is 20.5. The molecule has 398 valence electrons. The molecule has 0 spiro atoms. The molecule has 0 rings (SSSR count). The van der Waals surface area contributed by atoms with Gasteiger partial charge in [0.25, 0.3) is 0 Å². The molecule has 10 heteroatoms. The number of carbonyl (C=O) groups is 2. The molecule has 0 aliphatic heterocycles. The monoisotopic (exact) mass is 978 g/mol. The Morgan fingerprint density at radius 1 is 0.529 bits per heavy atom. The molecular weight excluding hydrogens is 868 g/mol. The minimum atomic E-state index is -4.44. The highest BCUT2D eigenvalue weighted by Gasteiger charge is 2.30. The Kier molecular flexibility index (Phi) is 47.1. The Morgan fingerprint density at radius 2 is 0.941 bits per heavy atom. The van der Waals surface area contributed by atoms with Crippen LogP contribution in [0.15, 0.2) is 48.6 Å². The number of phosphoric acid groups is 1. The molecule has 0 aromatic rings. The largest absolute Gasteiger partial charge is 0.472 e. The Balaban J connectivity index is 5.34. The predicted molar refractivity (Wildman–Crippen MR) is 291 cm³/mol. The molecule has 0 bridgehead atoms. The van der Waals surface area contributed by atoms with Gasteiger partial charge in [-0.2, -0.15) is 0 Å². The Labute approximate surface area is 420 Å². The van der Waals surface area contributed by atoms with Gasteiger partial charge in [-0.05, 0) is 51.0 Å². The van der Waals surface area contributed by atoms with E-state index in [0.717, 1.165) is 83.5 Å². The van der Waals surface area contributed by atoms with Crippen LogP contribution >= 0.6 is 7.82 Å². The molecule has 1 amide bonds. The summed E-state index contributed by atoms with van der Waals surface area (Å²) >= 11 is 0. The Morgan fingerprint density at radius 3 is 1.40 bits per heavy atom. The van der Waals surface area contributed by atoms with Crippen molar-refractivity contribution >= 4 is 19.7 Å². The molecule has 0 aliphatic carbocycles. The van der Waals surface area contributed by atoms with Gasteiger partial charge in [0.15, 0.2) is 0 Å². The van der Waals surface area contributed by atoms with Gasteiger partial charge in [-0.25, -0.2) is 4.57 Å². The molecule has 0 aromatic heterocycles. The maximum Gasteiger partial charge on any atom is 0.472 e. The second kappa shape index (κ2) is 48.6. The molecule has 68 heavy (non-hydrogen) atoms. The van der Waals surface area contributed by atoms with E-state index in [1.54, 1.807) is 0 Å². The summed E-state index contributed by atoms with van der Waals surface area (Å²) in [5.74, 6) is -0.522. The molecule has 0 fully saturated rings. The number of rotatable bonds is 51. The lowest BCUT2D eigenvalue weighted by atomic mass is 10.0. The molecule has 0 radical (unpaired) electrons. The van der Waals surface area contributed by atoms with Crippen LogP contribution in [-0.4, -0.2) is 74.3 Å². The first-order valence-corrected chi connectivity index (χ1v) is 30.0. The number of nitrogens with one attached hydrogen (secondary N) is 1. The third-order valence-corrected chi connectivity index (χ3v) is 13.6. The quantitative estimate of drug-likeness (QED) is 0.0156. The third kappa shape index (κ3) is 49.0. The van der Waals surface area contributed by atoms with Crippen LogP contribution in [0.3, 0.4) is 0 Å². The number of quaternary nitrogens is 1. The van der Waals surface area contributed by atoms with Gasteiger partial charge < -0.3 is 19.4 Å². The zero-order valence-electron chi connectivity index (χ0n) is 45.3. The number of ether oxygens (including phenoxy) is 1. The number of likely N-dealkylation sites (N-methyl/N-ethyl adjacent to an activating group) is 1. The summed E-state index contributed by atoms with van der Waals surface area (Å²) in [6.45, 7) is 6.88. The van der Waals surface area contributed by atoms with Crippen LogP contribution in [0.4, 0.5) is 0 Å². The van der Waals surface area contributed by atoms with Crippen molar-refractivity contribution in [2.75, 3.05) is 40.9 Å². The maximum absolute atomic E-state index is 13.5. The molecule has 0 aromatic carbocycles. The van der Waals surface area contributed by atoms with Crippen LogP contribution in [0, 0.1) is 0 Å². The molecule has 0 aliphatic rings. The fraction of sp³-hybridized carbons (Fsp3) is 0.828. The fourth-order valence-corrected chi connectivity index (χ4v) is 8.91. The highest BCUT2D eigenvalue weighted by molar-refractivity contribution is 7.47. The van der Waals surface area contributed by atoms with Gasteiger partial charge in [-0.1, -0.05) is 243 Å². The highest BCUT2D eigenvalue weighted by atomic mass is 31.2. The first-order valence-electron chi connectivity index (χ1n) is 28.5. The van der Waals surface area contributed by atoms with E-state index in [1.165, 1.54) is 141 Å². The number of nitrogens with zero attached hydrogens (tertiary/aromatic N) is 1. The van der Waals surface area contributed by atoms with Crippen LogP contribution < -0.4 is 5.32 Å². The smallest absolute Gasteiger partial charge is 0.456 e. The maximum atomic E-state index is 13.5. The van der Waals surface area contributed by atoms with Crippen LogP contribution in [-0.2, 0) is 27.9 Å². The van der Waals surface area contributed by atoms with Crippen molar-refractivity contribution in [3.63, 3.8) is 0 Å². The molecule has 0 saturated heterocycles. The summed E-state index contributed by atoms with van der Waals surface area (Å²) in [7, 11) is 1.49. The fourth-order valence-electron chi connectivity index (χ4n) is 8.18. The van der Waals surface area contributed by atoms with Crippen LogP contribution in [0.1, 0.15) is 258 Å². The number of amides is 1. The number of phosphoric ester groups is 1. The summed E-state index contributed by atoms with van der Waals surface area (Å²) in [6, 6.07) is -0.853. The van der Waals surface area contributed by atoms with Crippen molar-refractivity contribution in [2.24, 2.45) is 0 Å². The van der Waals surface area contributed by atoms with Crippen LogP contribution in [0.5, 0.6) is 0 Å². The normalized spacial score (nSPS) is 14.2. The van der Waals surface area contributed by atoms with E-state index in [4.69, 9.17) is 13.8 Å². The zero-order valence-corrected chi connectivity index (χ0v) is 46.2. The van der Waals surface area contributed by atoms with E-state index >= 15 is 0 Å². The SMILES string of the molecule is CC/C=C/C=C/C=C\CCCCCCCC(=O)OC(/C=C/CCCCCCCCCCCC)C(COP(=O)(O)OCC[N+](C)(C)C)NC(=O)CCCCCCCCCCCCCCCCCCC. The molecule has 9 nitrogen and oxygen atoms in total. The van der Waals surface area contributed by atoms with E-state index in [-0.39, 0.29) is 31.5 Å². The third-order valence-electron chi connectivity index (χ3n) is 12.6. The lowest BCUT2D eigenvalue weighted by Crippen LogP contribution is -2.47. The summed E-state index contributed by atoms with van der Waals surface area (Å²) in [4.78, 5) is 37.5. The van der Waals surface area contributed by atoms with Gasteiger partial charge in [-0.15, -0.1) is 0 Å². The topological polar surface area (TPSA) is 111 Å². The summed E-state index contributed by atoms with van der Waals surface area (Å²) in [6.07, 6.45) is 58.2. The Bertz CT molecular complexity index is 1310. The van der Waals surface area contributed by atoms with Crippen LogP contribution in [0.25, 0.3) is 0 Å². The van der Waals surface area contributed by atoms with Crippen molar-refractivity contribution in [3.05, 3.63) is 48.6 Å². The number of allylic oxidation sites excluding steroid dienone is 7. The lowest BCUT2D eigenvalue weighted by Gasteiger charge is -2.27. The van der Waals surface area contributed by atoms with E-state index in [9.17, 15) is 19.0 Å². The number of unbranched alkanes of at least 4 members (excludes halogenated alkanes) is 31. The summed E-state index contributed by atoms with van der Waals surface area (Å²) in [5, 5.41) is 3.04. The molecule has 0 saturated carbocycles.